The lowest BCUT2D eigenvalue weighted by Gasteiger charge is -2.16. The number of furan rings is 1. The maximum Gasteiger partial charge on any atom is 0.237 e. The van der Waals surface area contributed by atoms with Crippen molar-refractivity contribution in [2.75, 3.05) is 0 Å². The van der Waals surface area contributed by atoms with Crippen LogP contribution in [0.25, 0.3) is 0 Å². The summed E-state index contributed by atoms with van der Waals surface area (Å²) in [6.07, 6.45) is 4.01. The number of amides is 1. The molecule has 3 N–H and O–H groups in total. The third kappa shape index (κ3) is 4.06. The minimum atomic E-state index is -0.397. The van der Waals surface area contributed by atoms with Gasteiger partial charge in [0.2, 0.25) is 5.91 Å². The number of aryl methyl sites for hydroxylation is 1. The fraction of sp³-hybridized carbons (Fsp3) is 0.583. The second-order valence-corrected chi connectivity index (χ2v) is 4.04. The Morgan fingerprint density at radius 2 is 2.38 bits per heavy atom. The van der Waals surface area contributed by atoms with Gasteiger partial charge in [0.25, 0.3) is 0 Å². The summed E-state index contributed by atoms with van der Waals surface area (Å²) >= 11 is 0. The Morgan fingerprint density at radius 3 is 2.94 bits per heavy atom. The van der Waals surface area contributed by atoms with Crippen molar-refractivity contribution in [2.24, 2.45) is 5.73 Å². The van der Waals surface area contributed by atoms with E-state index in [1.54, 1.807) is 6.26 Å². The third-order valence-corrected chi connectivity index (χ3v) is 2.57. The molecule has 0 saturated carbocycles. The summed E-state index contributed by atoms with van der Waals surface area (Å²) in [7, 11) is 0. The molecule has 0 aromatic carbocycles. The first-order valence-corrected chi connectivity index (χ1v) is 5.71. The molecule has 1 aromatic rings. The normalized spacial score (nSPS) is 14.4. The first kappa shape index (κ1) is 12.8. The van der Waals surface area contributed by atoms with Gasteiger partial charge in [-0.3, -0.25) is 4.79 Å². The van der Waals surface area contributed by atoms with E-state index in [0.717, 1.165) is 18.6 Å². The van der Waals surface area contributed by atoms with Crippen molar-refractivity contribution in [1.82, 2.24) is 5.32 Å². The maximum atomic E-state index is 11.5. The van der Waals surface area contributed by atoms with Crippen LogP contribution in [0, 0.1) is 0 Å². The number of hydrogen-bond donors (Lipinski definition) is 2. The van der Waals surface area contributed by atoms with Crippen LogP contribution in [0.2, 0.25) is 0 Å². The van der Waals surface area contributed by atoms with Crippen molar-refractivity contribution in [2.45, 2.75) is 45.2 Å². The first-order chi connectivity index (χ1) is 7.63. The average molecular weight is 224 g/mol. The van der Waals surface area contributed by atoms with E-state index in [0.29, 0.717) is 6.42 Å². The molecule has 1 aromatic heterocycles. The van der Waals surface area contributed by atoms with E-state index in [2.05, 4.69) is 5.32 Å². The number of nitrogens with one attached hydrogen (secondary N) is 1. The van der Waals surface area contributed by atoms with Crippen LogP contribution in [0.4, 0.5) is 0 Å². The van der Waals surface area contributed by atoms with Gasteiger partial charge in [-0.05, 0) is 31.9 Å². The highest BCUT2D eigenvalue weighted by molar-refractivity contribution is 5.81. The second-order valence-electron chi connectivity index (χ2n) is 4.04. The number of nitrogens with two attached hydrogens (primary N) is 1. The van der Waals surface area contributed by atoms with Crippen LogP contribution >= 0.6 is 0 Å². The lowest BCUT2D eigenvalue weighted by Crippen LogP contribution is -2.44. The molecule has 0 fully saturated rings. The van der Waals surface area contributed by atoms with Crippen LogP contribution in [0.1, 0.15) is 32.4 Å². The molecule has 2 unspecified atom stereocenters. The summed E-state index contributed by atoms with van der Waals surface area (Å²) in [4.78, 5) is 11.5. The van der Waals surface area contributed by atoms with Gasteiger partial charge in [0, 0.05) is 12.5 Å². The molecule has 0 spiro atoms. The molecule has 0 saturated heterocycles. The van der Waals surface area contributed by atoms with E-state index in [9.17, 15) is 4.79 Å². The molecular weight excluding hydrogens is 204 g/mol. The smallest absolute Gasteiger partial charge is 0.237 e. The molecular formula is C12H20N2O2. The molecule has 0 radical (unpaired) electrons. The third-order valence-electron chi connectivity index (χ3n) is 2.57. The van der Waals surface area contributed by atoms with Crippen molar-refractivity contribution in [3.63, 3.8) is 0 Å². The zero-order chi connectivity index (χ0) is 12.0. The molecule has 4 heteroatoms. The predicted octanol–water partition coefficient (Wildman–Crippen LogP) is 1.45. The van der Waals surface area contributed by atoms with E-state index < -0.39 is 6.04 Å². The number of hydrogen-bond acceptors (Lipinski definition) is 3. The fourth-order valence-electron chi connectivity index (χ4n) is 1.42. The van der Waals surface area contributed by atoms with Crippen LogP contribution in [-0.2, 0) is 11.2 Å². The maximum absolute atomic E-state index is 11.5. The zero-order valence-electron chi connectivity index (χ0n) is 9.90. The Morgan fingerprint density at radius 1 is 1.62 bits per heavy atom. The Labute approximate surface area is 96.2 Å². The summed E-state index contributed by atoms with van der Waals surface area (Å²) in [5, 5.41) is 2.89. The van der Waals surface area contributed by atoms with Gasteiger partial charge in [-0.2, -0.15) is 0 Å². The summed E-state index contributed by atoms with van der Waals surface area (Å²) in [5.41, 5.74) is 5.62. The van der Waals surface area contributed by atoms with Crippen molar-refractivity contribution in [3.05, 3.63) is 24.2 Å². The van der Waals surface area contributed by atoms with Gasteiger partial charge in [-0.15, -0.1) is 0 Å². The van der Waals surface area contributed by atoms with E-state index in [1.807, 2.05) is 26.0 Å². The van der Waals surface area contributed by atoms with E-state index >= 15 is 0 Å². The second kappa shape index (κ2) is 6.33. The summed E-state index contributed by atoms with van der Waals surface area (Å²) in [6.45, 7) is 3.88. The minimum Gasteiger partial charge on any atom is -0.469 e. The van der Waals surface area contributed by atoms with Crippen molar-refractivity contribution >= 4 is 5.91 Å². The largest absolute Gasteiger partial charge is 0.469 e. The molecule has 16 heavy (non-hydrogen) atoms. The van der Waals surface area contributed by atoms with Crippen LogP contribution < -0.4 is 11.1 Å². The van der Waals surface area contributed by atoms with Gasteiger partial charge < -0.3 is 15.5 Å². The minimum absolute atomic E-state index is 0.0746. The Hall–Kier alpha value is -1.29. The highest BCUT2D eigenvalue weighted by Gasteiger charge is 2.13. The Balaban J connectivity index is 2.25. The van der Waals surface area contributed by atoms with Crippen LogP contribution in [-0.4, -0.2) is 18.0 Å². The lowest BCUT2D eigenvalue weighted by molar-refractivity contribution is -0.123. The summed E-state index contributed by atoms with van der Waals surface area (Å²) in [5.74, 6) is 0.871. The fourth-order valence-corrected chi connectivity index (χ4v) is 1.42. The standard InChI is InChI=1S/C12H20N2O2/c1-3-11(13)12(15)14-9(2)6-7-10-5-4-8-16-10/h4-5,8-9,11H,3,6-7,13H2,1-2H3,(H,14,15). The monoisotopic (exact) mass is 224 g/mol. The van der Waals surface area contributed by atoms with E-state index in [-0.39, 0.29) is 11.9 Å². The van der Waals surface area contributed by atoms with Gasteiger partial charge in [0.15, 0.2) is 0 Å². The van der Waals surface area contributed by atoms with Gasteiger partial charge >= 0.3 is 0 Å². The molecule has 0 aliphatic rings. The SMILES string of the molecule is CCC(N)C(=O)NC(C)CCc1ccco1. The highest BCUT2D eigenvalue weighted by atomic mass is 16.3. The average Bonchev–Trinajstić information content (AvgIpc) is 2.78. The van der Waals surface area contributed by atoms with E-state index in [1.165, 1.54) is 0 Å². The van der Waals surface area contributed by atoms with Crippen LogP contribution in [0.3, 0.4) is 0 Å². The lowest BCUT2D eigenvalue weighted by atomic mass is 10.1. The van der Waals surface area contributed by atoms with Gasteiger partial charge in [-0.1, -0.05) is 6.92 Å². The summed E-state index contributed by atoms with van der Waals surface area (Å²) < 4.78 is 5.22. The molecule has 4 nitrogen and oxygen atoms in total. The molecule has 0 bridgehead atoms. The van der Waals surface area contributed by atoms with Crippen LogP contribution in [0.5, 0.6) is 0 Å². The molecule has 2 atom stereocenters. The van der Waals surface area contributed by atoms with Gasteiger partial charge in [0.05, 0.1) is 12.3 Å². The zero-order valence-corrected chi connectivity index (χ0v) is 9.90. The molecule has 0 aliphatic heterocycles. The molecule has 1 amide bonds. The van der Waals surface area contributed by atoms with E-state index in [4.69, 9.17) is 10.2 Å². The first-order valence-electron chi connectivity index (χ1n) is 5.71. The van der Waals surface area contributed by atoms with Gasteiger partial charge in [-0.25, -0.2) is 0 Å². The molecule has 1 rings (SSSR count). The Kier molecular flexibility index (Phi) is 5.05. The molecule has 1 heterocycles. The highest BCUT2D eigenvalue weighted by Crippen LogP contribution is 2.05. The number of carbonyl (C=O) groups excluding carboxylic acids is 1. The topological polar surface area (TPSA) is 68.3 Å². The van der Waals surface area contributed by atoms with Crippen molar-refractivity contribution < 1.29 is 9.21 Å². The predicted molar refractivity (Wildman–Crippen MR) is 62.9 cm³/mol. The van der Waals surface area contributed by atoms with Crippen molar-refractivity contribution in [3.8, 4) is 0 Å². The van der Waals surface area contributed by atoms with Crippen molar-refractivity contribution in [1.29, 1.82) is 0 Å². The number of rotatable bonds is 6. The number of carbonyl (C=O) groups is 1. The van der Waals surface area contributed by atoms with Gasteiger partial charge in [0.1, 0.15) is 5.76 Å². The molecule has 90 valence electrons. The molecule has 0 aliphatic carbocycles. The van der Waals surface area contributed by atoms with Crippen LogP contribution in [0.15, 0.2) is 22.8 Å². The Bertz CT molecular complexity index is 309. The quantitative estimate of drug-likeness (QED) is 0.768. The summed E-state index contributed by atoms with van der Waals surface area (Å²) in [6, 6.07) is 3.53.